The number of rotatable bonds is 2. The summed E-state index contributed by atoms with van der Waals surface area (Å²) in [6.45, 7) is 9.30. The molecule has 1 N–H and O–H groups in total. The number of anilines is 1. The average Bonchev–Trinajstić information content (AvgIpc) is 3.06. The number of hydrogen-bond acceptors (Lipinski definition) is 4. The van der Waals surface area contributed by atoms with E-state index in [0.29, 0.717) is 24.2 Å². The zero-order valence-corrected chi connectivity index (χ0v) is 16.5. The summed E-state index contributed by atoms with van der Waals surface area (Å²) in [6, 6.07) is 13.6. The molecular formula is C22H25N3O3. The predicted octanol–water partition coefficient (Wildman–Crippen LogP) is 3.38. The fourth-order valence-electron chi connectivity index (χ4n) is 3.59. The number of oxazole rings is 1. The maximum absolute atomic E-state index is 12.8. The van der Waals surface area contributed by atoms with E-state index < -0.39 is 5.76 Å². The van der Waals surface area contributed by atoms with Gasteiger partial charge in [0, 0.05) is 43.5 Å². The molecule has 3 aromatic rings. The van der Waals surface area contributed by atoms with Gasteiger partial charge in [-0.25, -0.2) is 4.79 Å². The fraction of sp³-hybridized carbons (Fsp3) is 0.364. The van der Waals surface area contributed by atoms with Gasteiger partial charge in [0.1, 0.15) is 0 Å². The summed E-state index contributed by atoms with van der Waals surface area (Å²) >= 11 is 0. The summed E-state index contributed by atoms with van der Waals surface area (Å²) in [7, 11) is 0. The minimum atomic E-state index is -0.444. The molecule has 2 heterocycles. The maximum atomic E-state index is 12.8. The lowest BCUT2D eigenvalue weighted by atomic mass is 9.86. The van der Waals surface area contributed by atoms with Crippen LogP contribution in [0.2, 0.25) is 0 Å². The van der Waals surface area contributed by atoms with Crippen molar-refractivity contribution < 1.29 is 9.21 Å². The molecule has 0 atom stereocenters. The van der Waals surface area contributed by atoms with Gasteiger partial charge in [0.05, 0.1) is 5.52 Å². The Morgan fingerprint density at radius 1 is 1.00 bits per heavy atom. The summed E-state index contributed by atoms with van der Waals surface area (Å²) in [5.41, 5.74) is 4.28. The van der Waals surface area contributed by atoms with Crippen LogP contribution in [0.5, 0.6) is 0 Å². The van der Waals surface area contributed by atoms with E-state index in [9.17, 15) is 9.59 Å². The molecule has 1 fully saturated rings. The molecule has 1 aliphatic heterocycles. The van der Waals surface area contributed by atoms with Crippen molar-refractivity contribution in [3.05, 3.63) is 64.1 Å². The normalized spacial score (nSPS) is 15.2. The molecule has 28 heavy (non-hydrogen) atoms. The van der Waals surface area contributed by atoms with Crippen molar-refractivity contribution in [2.75, 3.05) is 31.1 Å². The second-order valence-electron chi connectivity index (χ2n) is 8.30. The summed E-state index contributed by atoms with van der Waals surface area (Å²) in [6.07, 6.45) is 0. The van der Waals surface area contributed by atoms with Gasteiger partial charge in [-0.3, -0.25) is 9.78 Å². The van der Waals surface area contributed by atoms with E-state index in [2.05, 4.69) is 30.7 Å². The number of carbonyl (C=O) groups excluding carboxylic acids is 1. The molecule has 0 saturated carbocycles. The molecule has 0 spiro atoms. The van der Waals surface area contributed by atoms with E-state index in [-0.39, 0.29) is 11.3 Å². The molecule has 0 unspecified atom stereocenters. The molecule has 1 aromatic heterocycles. The van der Waals surface area contributed by atoms with Crippen molar-refractivity contribution in [1.82, 2.24) is 9.88 Å². The van der Waals surface area contributed by atoms with Gasteiger partial charge in [-0.15, -0.1) is 0 Å². The van der Waals surface area contributed by atoms with Crippen molar-refractivity contribution in [1.29, 1.82) is 0 Å². The van der Waals surface area contributed by atoms with Gasteiger partial charge < -0.3 is 14.2 Å². The van der Waals surface area contributed by atoms with Crippen molar-refractivity contribution in [2.24, 2.45) is 0 Å². The number of nitrogens with zero attached hydrogens (tertiary/aromatic N) is 2. The van der Waals surface area contributed by atoms with Crippen molar-refractivity contribution in [3.63, 3.8) is 0 Å². The van der Waals surface area contributed by atoms with Crippen LogP contribution in [0.4, 0.5) is 5.69 Å². The quantitative estimate of drug-likeness (QED) is 0.741. The maximum Gasteiger partial charge on any atom is 0.417 e. The van der Waals surface area contributed by atoms with E-state index in [1.807, 2.05) is 47.4 Å². The number of aromatic nitrogens is 1. The third-order valence-corrected chi connectivity index (χ3v) is 5.33. The lowest BCUT2D eigenvalue weighted by Crippen LogP contribution is -2.48. The summed E-state index contributed by atoms with van der Waals surface area (Å²) in [5, 5.41) is 0. The Hall–Kier alpha value is -3.02. The molecule has 1 aliphatic rings. The predicted molar refractivity (Wildman–Crippen MR) is 110 cm³/mol. The Bertz CT molecular complexity index is 1050. The molecule has 0 aliphatic carbocycles. The topological polar surface area (TPSA) is 69.6 Å². The van der Waals surface area contributed by atoms with Crippen LogP contribution in [0.3, 0.4) is 0 Å². The van der Waals surface area contributed by atoms with E-state index in [4.69, 9.17) is 4.42 Å². The highest BCUT2D eigenvalue weighted by atomic mass is 16.4. The Morgan fingerprint density at radius 3 is 2.32 bits per heavy atom. The molecule has 0 radical (unpaired) electrons. The Balaban J connectivity index is 1.42. The summed E-state index contributed by atoms with van der Waals surface area (Å²) in [5.74, 6) is -0.368. The van der Waals surface area contributed by atoms with Gasteiger partial charge in [-0.1, -0.05) is 32.9 Å². The van der Waals surface area contributed by atoms with Crippen LogP contribution in [0.15, 0.2) is 51.7 Å². The van der Waals surface area contributed by atoms with Crippen LogP contribution in [-0.2, 0) is 5.41 Å². The molecule has 6 nitrogen and oxygen atoms in total. The molecule has 4 rings (SSSR count). The monoisotopic (exact) mass is 379 g/mol. The van der Waals surface area contributed by atoms with E-state index in [1.54, 1.807) is 0 Å². The molecular weight excluding hydrogens is 354 g/mol. The first-order valence-corrected chi connectivity index (χ1v) is 9.59. The van der Waals surface area contributed by atoms with Crippen molar-refractivity contribution >= 4 is 22.7 Å². The Kier molecular flexibility index (Phi) is 4.49. The third-order valence-electron chi connectivity index (χ3n) is 5.33. The van der Waals surface area contributed by atoms with Gasteiger partial charge in [0.2, 0.25) is 0 Å². The minimum Gasteiger partial charge on any atom is -0.408 e. The summed E-state index contributed by atoms with van der Waals surface area (Å²) in [4.78, 5) is 30.9. The highest BCUT2D eigenvalue weighted by Crippen LogP contribution is 2.24. The van der Waals surface area contributed by atoms with Crippen molar-refractivity contribution in [2.45, 2.75) is 26.2 Å². The zero-order chi connectivity index (χ0) is 19.9. The van der Waals surface area contributed by atoms with Crippen LogP contribution in [-0.4, -0.2) is 42.0 Å². The zero-order valence-electron chi connectivity index (χ0n) is 16.5. The smallest absolute Gasteiger partial charge is 0.408 e. The summed E-state index contributed by atoms with van der Waals surface area (Å²) < 4.78 is 5.15. The lowest BCUT2D eigenvalue weighted by Gasteiger charge is -2.36. The number of H-pyrrole nitrogens is 1. The number of aromatic amines is 1. The van der Waals surface area contributed by atoms with Crippen LogP contribution >= 0.6 is 0 Å². The molecule has 0 bridgehead atoms. The molecule has 6 heteroatoms. The second kappa shape index (κ2) is 6.86. The number of amides is 1. The highest BCUT2D eigenvalue weighted by Gasteiger charge is 2.23. The fourth-order valence-corrected chi connectivity index (χ4v) is 3.59. The first-order valence-electron chi connectivity index (χ1n) is 9.59. The van der Waals surface area contributed by atoms with Gasteiger partial charge in [-0.2, -0.15) is 0 Å². The van der Waals surface area contributed by atoms with Gasteiger partial charge >= 0.3 is 5.76 Å². The average molecular weight is 379 g/mol. The number of piperazine rings is 1. The third kappa shape index (κ3) is 3.54. The standard InChI is InChI=1S/C22H25N3O3/c1-22(2,3)16-6-4-15(5-7-16)20(26)25-12-10-24(11-13-25)17-8-9-18-19(14-17)28-21(27)23-18/h4-9,14H,10-13H2,1-3H3,(H,23,27). The van der Waals surface area contributed by atoms with Crippen LogP contribution < -0.4 is 10.7 Å². The van der Waals surface area contributed by atoms with E-state index in [0.717, 1.165) is 24.3 Å². The molecule has 2 aromatic carbocycles. The van der Waals surface area contributed by atoms with Gasteiger partial charge in [-0.05, 0) is 35.2 Å². The number of hydrogen-bond donors (Lipinski definition) is 1. The first-order chi connectivity index (χ1) is 13.3. The molecule has 1 amide bonds. The van der Waals surface area contributed by atoms with Crippen LogP contribution in [0.1, 0.15) is 36.7 Å². The number of carbonyl (C=O) groups is 1. The van der Waals surface area contributed by atoms with E-state index >= 15 is 0 Å². The van der Waals surface area contributed by atoms with Gasteiger partial charge in [0.25, 0.3) is 5.91 Å². The number of benzene rings is 2. The lowest BCUT2D eigenvalue weighted by molar-refractivity contribution is 0.0746. The Morgan fingerprint density at radius 2 is 1.68 bits per heavy atom. The van der Waals surface area contributed by atoms with E-state index in [1.165, 1.54) is 5.56 Å². The van der Waals surface area contributed by atoms with Crippen LogP contribution in [0, 0.1) is 0 Å². The molecule has 146 valence electrons. The van der Waals surface area contributed by atoms with Crippen LogP contribution in [0.25, 0.3) is 11.1 Å². The Labute approximate surface area is 163 Å². The number of fused-ring (bicyclic) bond motifs is 1. The van der Waals surface area contributed by atoms with Crippen molar-refractivity contribution in [3.8, 4) is 0 Å². The second-order valence-corrected chi connectivity index (χ2v) is 8.30. The molecule has 1 saturated heterocycles. The largest absolute Gasteiger partial charge is 0.417 e. The minimum absolute atomic E-state index is 0.0761. The van der Waals surface area contributed by atoms with Gasteiger partial charge in [0.15, 0.2) is 5.58 Å². The highest BCUT2D eigenvalue weighted by molar-refractivity contribution is 5.94. The first kappa shape index (κ1) is 18.3. The number of nitrogens with one attached hydrogen (secondary N) is 1. The SMILES string of the molecule is CC(C)(C)c1ccc(C(=O)N2CCN(c3ccc4[nH]c(=O)oc4c3)CC2)cc1.